The number of benzene rings is 2. The molecule has 0 saturated carbocycles. The smallest absolute Gasteiger partial charge is 0.146 e. The van der Waals surface area contributed by atoms with Gasteiger partial charge in [-0.05, 0) is 42.3 Å². The largest absolute Gasteiger partial charge is 0.497 e. The molecular weight excluding hydrogens is 265 g/mol. The van der Waals surface area contributed by atoms with Crippen LogP contribution in [0.4, 0.5) is 10.1 Å². The van der Waals surface area contributed by atoms with Crippen molar-refractivity contribution in [1.82, 2.24) is 0 Å². The lowest BCUT2D eigenvalue weighted by molar-refractivity contribution is 0.414. The van der Waals surface area contributed by atoms with Crippen molar-refractivity contribution >= 4 is 17.3 Å². The summed E-state index contributed by atoms with van der Waals surface area (Å²) in [6.07, 6.45) is 0. The minimum Gasteiger partial charge on any atom is -0.497 e. The standard InChI is InChI=1S/C15H15ClFNO/c1-10-7-12(16)4-3-11(10)9-18-15-8-13(19-2)5-6-14(15)17/h3-8,18H,9H2,1-2H3. The molecule has 19 heavy (non-hydrogen) atoms. The quantitative estimate of drug-likeness (QED) is 0.895. The summed E-state index contributed by atoms with van der Waals surface area (Å²) in [6.45, 7) is 2.51. The van der Waals surface area contributed by atoms with E-state index < -0.39 is 0 Å². The Morgan fingerprint density at radius 2 is 2.00 bits per heavy atom. The fourth-order valence-electron chi connectivity index (χ4n) is 1.81. The van der Waals surface area contributed by atoms with Gasteiger partial charge in [-0.15, -0.1) is 0 Å². The van der Waals surface area contributed by atoms with Gasteiger partial charge in [0.25, 0.3) is 0 Å². The van der Waals surface area contributed by atoms with Crippen molar-refractivity contribution in [2.45, 2.75) is 13.5 Å². The number of ether oxygens (including phenoxy) is 1. The summed E-state index contributed by atoms with van der Waals surface area (Å²) in [4.78, 5) is 0. The Hall–Kier alpha value is -1.74. The molecule has 100 valence electrons. The zero-order chi connectivity index (χ0) is 13.8. The van der Waals surface area contributed by atoms with Crippen molar-refractivity contribution in [3.63, 3.8) is 0 Å². The molecule has 2 rings (SSSR count). The predicted molar refractivity (Wildman–Crippen MR) is 76.5 cm³/mol. The summed E-state index contributed by atoms with van der Waals surface area (Å²) in [5.74, 6) is 0.323. The number of rotatable bonds is 4. The molecule has 0 radical (unpaired) electrons. The Morgan fingerprint density at radius 3 is 2.68 bits per heavy atom. The molecule has 0 atom stereocenters. The van der Waals surface area contributed by atoms with Crippen LogP contribution in [0.1, 0.15) is 11.1 Å². The van der Waals surface area contributed by atoms with Crippen molar-refractivity contribution in [3.8, 4) is 5.75 Å². The van der Waals surface area contributed by atoms with E-state index in [9.17, 15) is 4.39 Å². The van der Waals surface area contributed by atoms with Gasteiger partial charge in [-0.25, -0.2) is 4.39 Å². The summed E-state index contributed by atoms with van der Waals surface area (Å²) in [7, 11) is 1.56. The molecule has 2 nitrogen and oxygen atoms in total. The van der Waals surface area contributed by atoms with Gasteiger partial charge < -0.3 is 10.1 Å². The second-order valence-electron chi connectivity index (χ2n) is 4.27. The van der Waals surface area contributed by atoms with Crippen LogP contribution in [0.15, 0.2) is 36.4 Å². The summed E-state index contributed by atoms with van der Waals surface area (Å²) < 4.78 is 18.7. The maximum Gasteiger partial charge on any atom is 0.146 e. The Kier molecular flexibility index (Phi) is 4.27. The third kappa shape index (κ3) is 3.38. The predicted octanol–water partition coefficient (Wildman–Crippen LogP) is 4.41. The number of aryl methyl sites for hydroxylation is 1. The molecule has 0 fully saturated rings. The van der Waals surface area contributed by atoms with Crippen molar-refractivity contribution < 1.29 is 9.13 Å². The van der Waals surface area contributed by atoms with Crippen LogP contribution in [0, 0.1) is 12.7 Å². The summed E-state index contributed by atoms with van der Waals surface area (Å²) >= 11 is 5.90. The molecule has 0 aliphatic heterocycles. The Bertz CT molecular complexity index is 586. The van der Waals surface area contributed by atoms with E-state index in [1.807, 2.05) is 25.1 Å². The van der Waals surface area contributed by atoms with E-state index in [1.165, 1.54) is 6.07 Å². The first-order valence-corrected chi connectivity index (χ1v) is 6.30. The molecular formula is C15H15ClFNO. The highest BCUT2D eigenvalue weighted by atomic mass is 35.5. The first-order valence-electron chi connectivity index (χ1n) is 5.92. The normalized spacial score (nSPS) is 10.3. The number of anilines is 1. The van der Waals surface area contributed by atoms with Crippen molar-refractivity contribution in [3.05, 3.63) is 58.4 Å². The maximum atomic E-state index is 13.6. The molecule has 0 spiro atoms. The van der Waals surface area contributed by atoms with Crippen molar-refractivity contribution in [2.75, 3.05) is 12.4 Å². The Balaban J connectivity index is 2.14. The lowest BCUT2D eigenvalue weighted by Crippen LogP contribution is -2.03. The van der Waals surface area contributed by atoms with Crippen molar-refractivity contribution in [2.24, 2.45) is 0 Å². The van der Waals surface area contributed by atoms with Crippen LogP contribution in [0.2, 0.25) is 5.02 Å². The topological polar surface area (TPSA) is 21.3 Å². The van der Waals surface area contributed by atoms with Crippen LogP contribution >= 0.6 is 11.6 Å². The minimum absolute atomic E-state index is 0.299. The second-order valence-corrected chi connectivity index (χ2v) is 4.71. The zero-order valence-corrected chi connectivity index (χ0v) is 11.6. The van der Waals surface area contributed by atoms with Gasteiger partial charge in [-0.2, -0.15) is 0 Å². The van der Waals surface area contributed by atoms with E-state index in [1.54, 1.807) is 19.2 Å². The van der Waals surface area contributed by atoms with Crippen LogP contribution in [0.3, 0.4) is 0 Å². The van der Waals surface area contributed by atoms with E-state index >= 15 is 0 Å². The van der Waals surface area contributed by atoms with Crippen LogP contribution in [-0.2, 0) is 6.54 Å². The fraction of sp³-hybridized carbons (Fsp3) is 0.200. The molecule has 2 aromatic rings. The highest BCUT2D eigenvalue weighted by molar-refractivity contribution is 6.30. The van der Waals surface area contributed by atoms with E-state index in [-0.39, 0.29) is 5.82 Å². The molecule has 2 aromatic carbocycles. The zero-order valence-electron chi connectivity index (χ0n) is 10.8. The second kappa shape index (κ2) is 5.93. The third-order valence-electron chi connectivity index (χ3n) is 2.95. The summed E-state index contributed by atoms with van der Waals surface area (Å²) in [5.41, 5.74) is 2.57. The van der Waals surface area contributed by atoms with E-state index in [0.717, 1.165) is 11.1 Å². The first kappa shape index (κ1) is 13.7. The van der Waals surface area contributed by atoms with Gasteiger partial charge in [0.05, 0.1) is 12.8 Å². The summed E-state index contributed by atoms with van der Waals surface area (Å²) in [5, 5.41) is 3.77. The van der Waals surface area contributed by atoms with Crippen LogP contribution < -0.4 is 10.1 Å². The van der Waals surface area contributed by atoms with Gasteiger partial charge in [-0.1, -0.05) is 17.7 Å². The number of nitrogens with one attached hydrogen (secondary N) is 1. The Labute approximate surface area is 117 Å². The highest BCUT2D eigenvalue weighted by Crippen LogP contribution is 2.22. The highest BCUT2D eigenvalue weighted by Gasteiger charge is 2.05. The third-order valence-corrected chi connectivity index (χ3v) is 3.18. The number of hydrogen-bond acceptors (Lipinski definition) is 2. The number of hydrogen-bond donors (Lipinski definition) is 1. The van der Waals surface area contributed by atoms with Crippen molar-refractivity contribution in [1.29, 1.82) is 0 Å². The molecule has 1 N–H and O–H groups in total. The molecule has 0 heterocycles. The van der Waals surface area contributed by atoms with Crippen LogP contribution in [-0.4, -0.2) is 7.11 Å². The minimum atomic E-state index is -0.299. The molecule has 0 aliphatic rings. The van der Waals surface area contributed by atoms with E-state index in [0.29, 0.717) is 23.0 Å². The average Bonchev–Trinajstić information content (AvgIpc) is 2.39. The van der Waals surface area contributed by atoms with Gasteiger partial charge in [-0.3, -0.25) is 0 Å². The van der Waals surface area contributed by atoms with E-state index in [2.05, 4.69) is 5.32 Å². The maximum absolute atomic E-state index is 13.6. The average molecular weight is 280 g/mol. The first-order chi connectivity index (χ1) is 9.10. The van der Waals surface area contributed by atoms with Crippen LogP contribution in [0.25, 0.3) is 0 Å². The van der Waals surface area contributed by atoms with Gasteiger partial charge in [0.1, 0.15) is 11.6 Å². The lowest BCUT2D eigenvalue weighted by atomic mass is 10.1. The monoisotopic (exact) mass is 279 g/mol. The Morgan fingerprint density at radius 1 is 1.21 bits per heavy atom. The van der Waals surface area contributed by atoms with Gasteiger partial charge >= 0.3 is 0 Å². The molecule has 0 saturated heterocycles. The van der Waals surface area contributed by atoms with Gasteiger partial charge in [0.15, 0.2) is 0 Å². The lowest BCUT2D eigenvalue weighted by Gasteiger charge is -2.11. The molecule has 0 aliphatic carbocycles. The molecule has 4 heteroatoms. The molecule has 0 amide bonds. The van der Waals surface area contributed by atoms with Crippen LogP contribution in [0.5, 0.6) is 5.75 Å². The number of halogens is 2. The molecule has 0 bridgehead atoms. The fourth-order valence-corrected chi connectivity index (χ4v) is 2.04. The van der Waals surface area contributed by atoms with Gasteiger partial charge in [0, 0.05) is 17.6 Å². The van der Waals surface area contributed by atoms with Gasteiger partial charge in [0.2, 0.25) is 0 Å². The summed E-state index contributed by atoms with van der Waals surface area (Å²) in [6, 6.07) is 10.3. The van der Waals surface area contributed by atoms with E-state index in [4.69, 9.17) is 16.3 Å². The number of methoxy groups -OCH3 is 1. The molecule has 0 unspecified atom stereocenters. The SMILES string of the molecule is COc1ccc(F)c(NCc2ccc(Cl)cc2C)c1. The molecule has 0 aromatic heterocycles.